The Morgan fingerprint density at radius 1 is 0.900 bits per heavy atom. The molecule has 1 aromatic carbocycles. The zero-order valence-electron chi connectivity index (χ0n) is 16.2. The highest BCUT2D eigenvalue weighted by molar-refractivity contribution is 5.75. The first-order valence-electron chi connectivity index (χ1n) is 8.54. The number of aliphatic hydroxyl groups is 1. The molecule has 30 heavy (non-hydrogen) atoms. The van der Waals surface area contributed by atoms with Gasteiger partial charge in [0.05, 0.1) is 5.41 Å². The number of benzene rings is 1. The summed E-state index contributed by atoms with van der Waals surface area (Å²) in [5.41, 5.74) is -7.32. The molecule has 1 aromatic rings. The summed E-state index contributed by atoms with van der Waals surface area (Å²) in [6.45, 7) is 4.44. The van der Waals surface area contributed by atoms with Gasteiger partial charge in [-0.3, -0.25) is 4.79 Å². The Hall–Kier alpha value is -2.50. The largest absolute Gasteiger partial charge is 0.513 e. The molecule has 6 nitrogen and oxygen atoms in total. The van der Waals surface area contributed by atoms with Gasteiger partial charge in [0.15, 0.2) is 0 Å². The van der Waals surface area contributed by atoms with Crippen molar-refractivity contribution in [2.24, 2.45) is 5.41 Å². The molecule has 0 bridgehead atoms. The van der Waals surface area contributed by atoms with E-state index >= 15 is 0 Å². The lowest BCUT2D eigenvalue weighted by molar-refractivity contribution is -0.376. The van der Waals surface area contributed by atoms with Crippen LogP contribution in [0.15, 0.2) is 24.3 Å². The van der Waals surface area contributed by atoms with Gasteiger partial charge in [-0.25, -0.2) is 4.79 Å². The first-order valence-corrected chi connectivity index (χ1v) is 8.54. The molecule has 1 rings (SSSR count). The van der Waals surface area contributed by atoms with E-state index in [0.29, 0.717) is 30.7 Å². The molecule has 0 amide bonds. The minimum atomic E-state index is -6.03. The monoisotopic (exact) mass is 446 g/mol. The molecule has 0 saturated carbocycles. The first-order chi connectivity index (χ1) is 13.6. The second kappa shape index (κ2) is 9.11. The van der Waals surface area contributed by atoms with Crippen LogP contribution >= 0.6 is 0 Å². The average molecular weight is 446 g/mol. The third-order valence-corrected chi connectivity index (χ3v) is 4.27. The van der Waals surface area contributed by atoms with E-state index in [2.05, 4.69) is 9.47 Å². The van der Waals surface area contributed by atoms with Gasteiger partial charge in [0.1, 0.15) is 19.0 Å². The molecule has 0 fully saturated rings. The molecule has 0 aliphatic heterocycles. The second-order valence-electron chi connectivity index (χ2n) is 6.80. The van der Waals surface area contributed by atoms with Crippen LogP contribution in [0, 0.1) is 5.41 Å². The summed E-state index contributed by atoms with van der Waals surface area (Å²) >= 11 is 0. The predicted molar refractivity (Wildman–Crippen MR) is 89.5 cm³/mol. The Morgan fingerprint density at radius 3 is 1.80 bits per heavy atom. The molecule has 1 N–H and O–H groups in total. The lowest BCUT2D eigenvalue weighted by atomic mass is 9.91. The normalized spacial score (nSPS) is 13.0. The van der Waals surface area contributed by atoms with E-state index in [0.717, 1.165) is 0 Å². The Kier molecular flexibility index (Phi) is 7.75. The Labute approximate surface area is 167 Å². The minimum Gasteiger partial charge on any atom is -0.462 e. The minimum absolute atomic E-state index is 0.277. The van der Waals surface area contributed by atoms with Crippen LogP contribution in [0.4, 0.5) is 31.1 Å². The van der Waals surface area contributed by atoms with Crippen molar-refractivity contribution in [2.45, 2.75) is 45.1 Å². The molecule has 0 aliphatic carbocycles. The zero-order valence-corrected chi connectivity index (χ0v) is 16.2. The van der Waals surface area contributed by atoms with Gasteiger partial charge in [0.25, 0.3) is 5.60 Å². The Morgan fingerprint density at radius 2 is 1.37 bits per heavy atom. The van der Waals surface area contributed by atoms with Gasteiger partial charge in [0.2, 0.25) is 0 Å². The van der Waals surface area contributed by atoms with Gasteiger partial charge in [-0.1, -0.05) is 19.1 Å². The smallest absolute Gasteiger partial charge is 0.462 e. The number of alkyl halides is 6. The fourth-order valence-electron chi connectivity index (χ4n) is 1.98. The Bertz CT molecular complexity index is 725. The van der Waals surface area contributed by atoms with Gasteiger partial charge < -0.3 is 19.3 Å². The van der Waals surface area contributed by atoms with Crippen LogP contribution in [0.25, 0.3) is 0 Å². The molecule has 12 heteroatoms. The quantitative estimate of drug-likeness (QED) is 0.288. The Balaban J connectivity index is 2.68. The lowest BCUT2D eigenvalue weighted by Crippen LogP contribution is -2.53. The van der Waals surface area contributed by atoms with Gasteiger partial charge >= 0.3 is 24.5 Å². The molecule has 0 spiro atoms. The van der Waals surface area contributed by atoms with Crippen LogP contribution in [0.2, 0.25) is 0 Å². The molecule has 0 unspecified atom stereocenters. The van der Waals surface area contributed by atoms with Crippen LogP contribution in [0.1, 0.15) is 32.8 Å². The van der Waals surface area contributed by atoms with Crippen molar-refractivity contribution in [3.63, 3.8) is 0 Å². The zero-order chi connectivity index (χ0) is 23.4. The van der Waals surface area contributed by atoms with Crippen molar-refractivity contribution < 1.29 is 55.2 Å². The summed E-state index contributed by atoms with van der Waals surface area (Å²) in [5, 5.41) is 9.27. The summed E-state index contributed by atoms with van der Waals surface area (Å²) < 4.78 is 91.0. The summed E-state index contributed by atoms with van der Waals surface area (Å²) in [6.07, 6.45) is -12.9. The first kappa shape index (κ1) is 25.5. The number of esters is 1. The van der Waals surface area contributed by atoms with Gasteiger partial charge in [-0.2, -0.15) is 26.3 Å². The second-order valence-corrected chi connectivity index (χ2v) is 6.80. The average Bonchev–Trinajstić information content (AvgIpc) is 2.63. The van der Waals surface area contributed by atoms with Gasteiger partial charge in [-0.05, 0) is 32.4 Å². The molecular weight excluding hydrogens is 426 g/mol. The van der Waals surface area contributed by atoms with Crippen molar-refractivity contribution in [3.8, 4) is 5.75 Å². The molecule has 0 radical (unpaired) electrons. The highest BCUT2D eigenvalue weighted by atomic mass is 19.4. The fraction of sp³-hybridized carbons (Fsp3) is 0.556. The van der Waals surface area contributed by atoms with Crippen molar-refractivity contribution in [2.75, 3.05) is 13.2 Å². The molecule has 0 aromatic heterocycles. The summed E-state index contributed by atoms with van der Waals surface area (Å²) in [5.74, 6) is -0.945. The fourth-order valence-corrected chi connectivity index (χ4v) is 1.98. The van der Waals surface area contributed by atoms with Crippen molar-refractivity contribution in [1.82, 2.24) is 0 Å². The van der Waals surface area contributed by atoms with E-state index in [1.807, 2.05) is 0 Å². The summed E-state index contributed by atoms with van der Waals surface area (Å²) in [4.78, 5) is 23.2. The van der Waals surface area contributed by atoms with Gasteiger partial charge in [-0.15, -0.1) is 0 Å². The van der Waals surface area contributed by atoms with Crippen LogP contribution in [-0.2, 0) is 19.9 Å². The van der Waals surface area contributed by atoms with Crippen LogP contribution in [0.5, 0.6) is 5.75 Å². The number of hydrogen-bond acceptors (Lipinski definition) is 6. The van der Waals surface area contributed by atoms with E-state index in [-0.39, 0.29) is 13.2 Å². The molecule has 170 valence electrons. The standard InChI is InChI=1S/C18H20F6O6/c1-4-15(2,3)13(25)28-9-10-29-14(26)30-12-7-5-11(6-8-12)16(27,17(19,20)21)18(22,23)24/h5-8,27H,4,9-10H2,1-3H3. The number of halogens is 6. The van der Waals surface area contributed by atoms with E-state index in [1.165, 1.54) is 0 Å². The number of carbonyl (C=O) groups excluding carboxylic acids is 2. The van der Waals surface area contributed by atoms with Crippen LogP contribution < -0.4 is 4.74 Å². The highest BCUT2D eigenvalue weighted by Gasteiger charge is 2.71. The molecular formula is C18H20F6O6. The van der Waals surface area contributed by atoms with Crippen molar-refractivity contribution >= 4 is 12.1 Å². The number of carbonyl (C=O) groups is 2. The van der Waals surface area contributed by atoms with E-state index in [9.17, 15) is 41.0 Å². The summed E-state index contributed by atoms with van der Waals surface area (Å²) in [7, 11) is 0. The van der Waals surface area contributed by atoms with Crippen LogP contribution in [-0.4, -0.2) is 42.8 Å². The number of hydrogen-bond donors (Lipinski definition) is 1. The van der Waals surface area contributed by atoms with E-state index < -0.39 is 46.8 Å². The maximum absolute atomic E-state index is 12.8. The van der Waals surface area contributed by atoms with Gasteiger partial charge in [0, 0.05) is 5.56 Å². The molecule has 0 atom stereocenters. The number of ether oxygens (including phenoxy) is 3. The molecule has 0 saturated heterocycles. The molecule has 0 aliphatic rings. The van der Waals surface area contributed by atoms with Crippen LogP contribution in [0.3, 0.4) is 0 Å². The van der Waals surface area contributed by atoms with E-state index in [4.69, 9.17) is 4.74 Å². The third kappa shape index (κ3) is 5.77. The summed E-state index contributed by atoms with van der Waals surface area (Å²) in [6, 6.07) is 1.89. The molecule has 0 heterocycles. The highest BCUT2D eigenvalue weighted by Crippen LogP contribution is 2.50. The number of rotatable bonds is 7. The van der Waals surface area contributed by atoms with Crippen molar-refractivity contribution in [1.29, 1.82) is 0 Å². The topological polar surface area (TPSA) is 82.1 Å². The van der Waals surface area contributed by atoms with Crippen molar-refractivity contribution in [3.05, 3.63) is 29.8 Å². The third-order valence-electron chi connectivity index (χ3n) is 4.27. The van der Waals surface area contributed by atoms with E-state index in [1.54, 1.807) is 20.8 Å². The SMILES string of the molecule is CCC(C)(C)C(=O)OCCOC(=O)Oc1ccc(C(O)(C(F)(F)F)C(F)(F)F)cc1. The maximum Gasteiger partial charge on any atom is 0.513 e. The lowest BCUT2D eigenvalue weighted by Gasteiger charge is -2.32. The maximum atomic E-state index is 12.8. The predicted octanol–water partition coefficient (Wildman–Crippen LogP) is 4.49.